The average Bonchev–Trinajstić information content (AvgIpc) is 2.17. The Kier molecular flexibility index (Phi) is 8.72. The number of carboxylic acids is 1. The van der Waals surface area contributed by atoms with Crippen LogP contribution in [-0.4, -0.2) is 18.0 Å². The number of benzene rings is 1. The van der Waals surface area contributed by atoms with Gasteiger partial charge in [-0.25, -0.2) is 0 Å². The Morgan fingerprint density at radius 1 is 1.29 bits per heavy atom. The van der Waals surface area contributed by atoms with Crippen molar-refractivity contribution in [1.29, 1.82) is 0 Å². The molecule has 0 spiro atoms. The van der Waals surface area contributed by atoms with E-state index in [9.17, 15) is 14.7 Å². The minimum atomic E-state index is -1.42. The summed E-state index contributed by atoms with van der Waals surface area (Å²) in [7, 11) is 0. The number of carbonyl (C=O) groups is 2. The number of rotatable bonds is 5. The summed E-state index contributed by atoms with van der Waals surface area (Å²) in [6, 6.07) is 9.53. The Morgan fingerprint density at radius 2 is 1.88 bits per heavy atom. The number of carboxylic acid groups (broad SMARTS) is 1. The minimum Gasteiger partial charge on any atom is -0.550 e. The molecule has 0 aromatic heterocycles. The first kappa shape index (κ1) is 16.8. The molecule has 4 nitrogen and oxygen atoms in total. The summed E-state index contributed by atoms with van der Waals surface area (Å²) in [5, 5.41) is 10.1. The van der Waals surface area contributed by atoms with E-state index in [4.69, 9.17) is 4.74 Å². The molecule has 1 unspecified atom stereocenters. The van der Waals surface area contributed by atoms with Crippen LogP contribution in [-0.2, 0) is 20.7 Å². The average molecular weight is 260 g/mol. The zero-order chi connectivity index (χ0) is 12.0. The third-order valence-electron chi connectivity index (χ3n) is 1.99. The number of hydrogen-bond donors (Lipinski definition) is 0. The summed E-state index contributed by atoms with van der Waals surface area (Å²) in [5.41, 5.74) is 1.04. The first-order chi connectivity index (χ1) is 7.58. The molecule has 1 aromatic carbocycles. The molecule has 1 atom stereocenters. The van der Waals surface area contributed by atoms with Gasteiger partial charge in [-0.1, -0.05) is 30.3 Å². The quantitative estimate of drug-likeness (QED) is 0.328. The Morgan fingerprint density at radius 3 is 2.41 bits per heavy atom. The molecule has 1 rings (SSSR count). The van der Waals surface area contributed by atoms with Crippen LogP contribution in [0.5, 0.6) is 0 Å². The molecule has 0 N–H and O–H groups in total. The predicted molar refractivity (Wildman–Crippen MR) is 55.3 cm³/mol. The fourth-order valence-electron chi connectivity index (χ4n) is 1.37. The van der Waals surface area contributed by atoms with Gasteiger partial charge in [-0.15, -0.1) is 0 Å². The second-order valence-corrected chi connectivity index (χ2v) is 3.54. The first-order valence-electron chi connectivity index (χ1n) is 5.01. The van der Waals surface area contributed by atoms with Crippen molar-refractivity contribution in [2.45, 2.75) is 25.9 Å². The molecule has 0 saturated carbocycles. The van der Waals surface area contributed by atoms with Gasteiger partial charge in [0.05, 0.1) is 12.4 Å². The second kappa shape index (κ2) is 8.82. The van der Waals surface area contributed by atoms with Gasteiger partial charge < -0.3 is 14.6 Å². The van der Waals surface area contributed by atoms with Crippen LogP contribution in [0.4, 0.5) is 0 Å². The Balaban J connectivity index is 0.00000256. The van der Waals surface area contributed by atoms with Gasteiger partial charge in [-0.2, -0.15) is 0 Å². The SMILES string of the molecule is CC(Cc1ccccc1)OC(=O)CC(=O)[O-].[K+]. The van der Waals surface area contributed by atoms with Crippen LogP contribution < -0.4 is 56.5 Å². The van der Waals surface area contributed by atoms with Gasteiger partial charge in [-0.05, 0) is 12.5 Å². The third-order valence-corrected chi connectivity index (χ3v) is 1.99. The van der Waals surface area contributed by atoms with Crippen molar-refractivity contribution in [2.75, 3.05) is 0 Å². The minimum absolute atomic E-state index is 0. The largest absolute Gasteiger partial charge is 1.00 e. The monoisotopic (exact) mass is 260 g/mol. The molecule has 0 aliphatic rings. The topological polar surface area (TPSA) is 66.4 Å². The Hall–Kier alpha value is -0.204. The maximum Gasteiger partial charge on any atom is 1.00 e. The zero-order valence-electron chi connectivity index (χ0n) is 10.0. The van der Waals surface area contributed by atoms with E-state index in [1.807, 2.05) is 30.3 Å². The van der Waals surface area contributed by atoms with E-state index in [0.29, 0.717) is 6.42 Å². The zero-order valence-corrected chi connectivity index (χ0v) is 13.1. The van der Waals surface area contributed by atoms with E-state index in [-0.39, 0.29) is 57.5 Å². The van der Waals surface area contributed by atoms with E-state index in [1.165, 1.54) is 0 Å². The maximum atomic E-state index is 11.0. The summed E-state index contributed by atoms with van der Waals surface area (Å²) < 4.78 is 4.91. The summed E-state index contributed by atoms with van der Waals surface area (Å²) in [6.45, 7) is 1.72. The summed E-state index contributed by atoms with van der Waals surface area (Å²) in [4.78, 5) is 21.1. The number of aliphatic carboxylic acids is 1. The van der Waals surface area contributed by atoms with E-state index < -0.39 is 18.4 Å². The van der Waals surface area contributed by atoms with Gasteiger partial charge in [0, 0.05) is 6.42 Å². The van der Waals surface area contributed by atoms with Crippen LogP contribution in [0.15, 0.2) is 30.3 Å². The van der Waals surface area contributed by atoms with Crippen LogP contribution in [0.2, 0.25) is 0 Å². The smallest absolute Gasteiger partial charge is 0.550 e. The summed E-state index contributed by atoms with van der Waals surface area (Å²) >= 11 is 0. The number of hydrogen-bond acceptors (Lipinski definition) is 4. The van der Waals surface area contributed by atoms with Crippen LogP contribution in [0.25, 0.3) is 0 Å². The number of esters is 1. The molecular formula is C12H13KO4. The molecule has 0 aliphatic carbocycles. The van der Waals surface area contributed by atoms with Crippen molar-refractivity contribution >= 4 is 11.9 Å². The first-order valence-corrected chi connectivity index (χ1v) is 5.01. The Labute approximate surface area is 143 Å². The van der Waals surface area contributed by atoms with Gasteiger partial charge in [0.1, 0.15) is 6.10 Å². The third kappa shape index (κ3) is 7.67. The van der Waals surface area contributed by atoms with Crippen molar-refractivity contribution < 1.29 is 70.8 Å². The van der Waals surface area contributed by atoms with Gasteiger partial charge in [0.25, 0.3) is 0 Å². The fourth-order valence-corrected chi connectivity index (χ4v) is 1.37. The molecule has 5 heteroatoms. The molecule has 0 saturated heterocycles. The van der Waals surface area contributed by atoms with Gasteiger partial charge >= 0.3 is 57.4 Å². The Bertz CT molecular complexity index is 364. The van der Waals surface area contributed by atoms with Gasteiger partial charge in [0.2, 0.25) is 0 Å². The van der Waals surface area contributed by atoms with Crippen molar-refractivity contribution in [1.82, 2.24) is 0 Å². The van der Waals surface area contributed by atoms with Crippen LogP contribution in [0, 0.1) is 0 Å². The predicted octanol–water partition coefficient (Wildman–Crippen LogP) is -2.70. The van der Waals surface area contributed by atoms with Crippen molar-refractivity contribution in [3.63, 3.8) is 0 Å². The van der Waals surface area contributed by atoms with Crippen molar-refractivity contribution in [3.8, 4) is 0 Å². The fraction of sp³-hybridized carbons (Fsp3) is 0.333. The molecule has 0 bridgehead atoms. The maximum absolute atomic E-state index is 11.0. The summed E-state index contributed by atoms with van der Waals surface area (Å²) in [5.74, 6) is -2.18. The molecule has 0 heterocycles. The van der Waals surface area contributed by atoms with Gasteiger partial charge in [-0.3, -0.25) is 4.79 Å². The number of carbonyl (C=O) groups excluding carboxylic acids is 2. The molecule has 0 aliphatic heterocycles. The molecule has 0 fully saturated rings. The van der Waals surface area contributed by atoms with Gasteiger partial charge in [0.15, 0.2) is 0 Å². The van der Waals surface area contributed by atoms with E-state index in [0.717, 1.165) is 5.56 Å². The standard InChI is InChI=1S/C12H14O4.K/c1-9(16-12(15)8-11(13)14)7-10-5-3-2-4-6-10;/h2-6,9H,7-8H2,1H3,(H,13,14);/q;+1/p-1. The molecule has 1 aromatic rings. The normalized spacial score (nSPS) is 11.1. The van der Waals surface area contributed by atoms with Crippen molar-refractivity contribution in [3.05, 3.63) is 35.9 Å². The van der Waals surface area contributed by atoms with Crippen molar-refractivity contribution in [2.24, 2.45) is 0 Å². The van der Waals surface area contributed by atoms with E-state index in [1.54, 1.807) is 6.92 Å². The van der Waals surface area contributed by atoms with Crippen LogP contribution in [0.3, 0.4) is 0 Å². The van der Waals surface area contributed by atoms with Crippen LogP contribution in [0.1, 0.15) is 18.9 Å². The second-order valence-electron chi connectivity index (χ2n) is 3.54. The van der Waals surface area contributed by atoms with E-state index in [2.05, 4.69) is 0 Å². The summed E-state index contributed by atoms with van der Waals surface area (Å²) in [6.07, 6.45) is -0.465. The van der Waals surface area contributed by atoms with Crippen LogP contribution >= 0.6 is 0 Å². The van der Waals surface area contributed by atoms with E-state index >= 15 is 0 Å². The molecule has 0 radical (unpaired) electrons. The molecular weight excluding hydrogens is 247 g/mol. The molecule has 86 valence electrons. The molecule has 17 heavy (non-hydrogen) atoms. The number of ether oxygens (including phenoxy) is 1. The molecule has 0 amide bonds.